The van der Waals surface area contributed by atoms with E-state index in [-0.39, 0.29) is 5.56 Å². The second kappa shape index (κ2) is 6.53. The number of hydrogen-bond donors (Lipinski definition) is 1. The lowest BCUT2D eigenvalue weighted by Crippen LogP contribution is -2.46. The molecule has 3 aromatic heterocycles. The van der Waals surface area contributed by atoms with Crippen molar-refractivity contribution in [2.24, 2.45) is 0 Å². The Morgan fingerprint density at radius 2 is 1.88 bits per heavy atom. The second-order valence-electron chi connectivity index (χ2n) is 6.29. The molecule has 1 saturated heterocycles. The highest BCUT2D eigenvalue weighted by Gasteiger charge is 2.20. The summed E-state index contributed by atoms with van der Waals surface area (Å²) in [5, 5.41) is 0.734. The third-order valence-corrected chi connectivity index (χ3v) is 5.77. The van der Waals surface area contributed by atoms with Crippen LogP contribution in [0, 0.1) is 13.8 Å². The van der Waals surface area contributed by atoms with Gasteiger partial charge in [0.05, 0.1) is 11.9 Å². The van der Waals surface area contributed by atoms with Gasteiger partial charge in [-0.15, -0.1) is 11.3 Å². The Morgan fingerprint density at radius 3 is 2.60 bits per heavy atom. The van der Waals surface area contributed by atoms with Crippen LogP contribution < -0.4 is 10.5 Å². The maximum absolute atomic E-state index is 12.4. The molecule has 130 valence electrons. The van der Waals surface area contributed by atoms with E-state index in [1.807, 2.05) is 19.9 Å². The van der Waals surface area contributed by atoms with Crippen molar-refractivity contribution in [1.82, 2.24) is 24.8 Å². The second-order valence-corrected chi connectivity index (χ2v) is 7.49. The molecule has 7 nitrogen and oxygen atoms in total. The third-order valence-electron chi connectivity index (χ3n) is 4.67. The van der Waals surface area contributed by atoms with Crippen molar-refractivity contribution in [3.8, 4) is 0 Å². The zero-order valence-corrected chi connectivity index (χ0v) is 15.1. The molecule has 3 aromatic rings. The first-order valence-electron chi connectivity index (χ1n) is 8.35. The molecule has 1 fully saturated rings. The lowest BCUT2D eigenvalue weighted by molar-refractivity contribution is 0.243. The minimum Gasteiger partial charge on any atom is -0.338 e. The number of aryl methyl sites for hydroxylation is 2. The molecule has 1 aliphatic heterocycles. The molecule has 4 heterocycles. The molecule has 1 aliphatic rings. The van der Waals surface area contributed by atoms with E-state index in [9.17, 15) is 4.79 Å². The summed E-state index contributed by atoms with van der Waals surface area (Å²) in [6.07, 6.45) is 3.53. The number of rotatable bonds is 3. The van der Waals surface area contributed by atoms with Gasteiger partial charge >= 0.3 is 0 Å². The molecule has 0 radical (unpaired) electrons. The van der Waals surface area contributed by atoms with E-state index in [1.54, 1.807) is 23.7 Å². The summed E-state index contributed by atoms with van der Waals surface area (Å²) in [5.74, 6) is 1.52. The molecule has 0 saturated carbocycles. The van der Waals surface area contributed by atoms with Gasteiger partial charge in [0, 0.05) is 43.4 Å². The lowest BCUT2D eigenvalue weighted by atomic mass is 10.2. The maximum atomic E-state index is 12.4. The molecule has 25 heavy (non-hydrogen) atoms. The van der Waals surface area contributed by atoms with Crippen LogP contribution in [0.15, 0.2) is 23.3 Å². The minimum absolute atomic E-state index is 0.0295. The van der Waals surface area contributed by atoms with E-state index >= 15 is 0 Å². The van der Waals surface area contributed by atoms with Crippen molar-refractivity contribution in [3.05, 3.63) is 45.1 Å². The fourth-order valence-electron chi connectivity index (χ4n) is 3.15. The zero-order valence-electron chi connectivity index (χ0n) is 14.3. The van der Waals surface area contributed by atoms with Gasteiger partial charge in [-0.05, 0) is 25.5 Å². The number of H-pyrrole nitrogens is 1. The van der Waals surface area contributed by atoms with Crippen LogP contribution in [0.5, 0.6) is 0 Å². The number of piperazine rings is 1. The smallest absolute Gasteiger partial charge is 0.259 e. The Kier molecular flexibility index (Phi) is 4.22. The van der Waals surface area contributed by atoms with Gasteiger partial charge in [-0.3, -0.25) is 9.69 Å². The molecule has 0 atom stereocenters. The maximum Gasteiger partial charge on any atom is 0.259 e. The first-order valence-corrected chi connectivity index (χ1v) is 9.16. The van der Waals surface area contributed by atoms with Crippen LogP contribution in [0.4, 0.5) is 5.95 Å². The van der Waals surface area contributed by atoms with Crippen molar-refractivity contribution in [1.29, 1.82) is 0 Å². The first-order chi connectivity index (χ1) is 12.1. The topological polar surface area (TPSA) is 78.0 Å². The Bertz CT molecular complexity index is 943. The number of hydrogen-bond acceptors (Lipinski definition) is 7. The van der Waals surface area contributed by atoms with E-state index in [0.29, 0.717) is 6.54 Å². The van der Waals surface area contributed by atoms with E-state index in [0.717, 1.165) is 58.6 Å². The van der Waals surface area contributed by atoms with E-state index < -0.39 is 0 Å². The van der Waals surface area contributed by atoms with Gasteiger partial charge < -0.3 is 9.88 Å². The van der Waals surface area contributed by atoms with Gasteiger partial charge in [0.15, 0.2) is 0 Å². The summed E-state index contributed by atoms with van der Waals surface area (Å²) in [6.45, 7) is 8.19. The molecular weight excluding hydrogens is 336 g/mol. The van der Waals surface area contributed by atoms with Crippen LogP contribution >= 0.6 is 11.3 Å². The van der Waals surface area contributed by atoms with Gasteiger partial charge in [0.1, 0.15) is 10.7 Å². The molecular formula is C17H20N6OS. The predicted octanol–water partition coefficient (Wildman–Crippen LogP) is 1.71. The Balaban J connectivity index is 1.47. The normalized spacial score (nSPS) is 15.8. The zero-order chi connectivity index (χ0) is 17.4. The highest BCUT2D eigenvalue weighted by molar-refractivity contribution is 7.18. The van der Waals surface area contributed by atoms with Crippen molar-refractivity contribution in [2.45, 2.75) is 20.4 Å². The molecule has 0 unspecified atom stereocenters. The average molecular weight is 356 g/mol. The van der Waals surface area contributed by atoms with Gasteiger partial charge in [-0.1, -0.05) is 0 Å². The molecule has 4 rings (SSSR count). The number of aromatic nitrogens is 4. The van der Waals surface area contributed by atoms with Crippen molar-refractivity contribution >= 4 is 27.5 Å². The van der Waals surface area contributed by atoms with Crippen LogP contribution in [-0.4, -0.2) is 51.0 Å². The Hall–Kier alpha value is -2.32. The molecule has 8 heteroatoms. The van der Waals surface area contributed by atoms with Crippen LogP contribution in [0.2, 0.25) is 0 Å². The minimum atomic E-state index is -0.0295. The number of aromatic amines is 1. The fraction of sp³-hybridized carbons (Fsp3) is 0.412. The average Bonchev–Trinajstić information content (AvgIpc) is 2.91. The summed E-state index contributed by atoms with van der Waals surface area (Å²) < 4.78 is 0. The number of thiophene rings is 1. The Morgan fingerprint density at radius 1 is 1.16 bits per heavy atom. The van der Waals surface area contributed by atoms with Gasteiger partial charge in [0.25, 0.3) is 5.56 Å². The third kappa shape index (κ3) is 3.14. The lowest BCUT2D eigenvalue weighted by Gasteiger charge is -2.34. The summed E-state index contributed by atoms with van der Waals surface area (Å²) in [5.41, 5.74) is 1.01. The van der Waals surface area contributed by atoms with Crippen molar-refractivity contribution in [3.63, 3.8) is 0 Å². The first kappa shape index (κ1) is 16.2. The summed E-state index contributed by atoms with van der Waals surface area (Å²) in [4.78, 5) is 35.1. The number of fused-ring (bicyclic) bond motifs is 1. The van der Waals surface area contributed by atoms with E-state index in [2.05, 4.69) is 29.7 Å². The summed E-state index contributed by atoms with van der Waals surface area (Å²) in [6, 6.07) is 1.83. The van der Waals surface area contributed by atoms with Crippen LogP contribution in [0.1, 0.15) is 16.3 Å². The highest BCUT2D eigenvalue weighted by Crippen LogP contribution is 2.25. The van der Waals surface area contributed by atoms with Crippen molar-refractivity contribution in [2.75, 3.05) is 31.1 Å². The van der Waals surface area contributed by atoms with Crippen LogP contribution in [-0.2, 0) is 6.54 Å². The quantitative estimate of drug-likeness (QED) is 0.770. The SMILES string of the molecule is Cc1sc2nc(CN3CCN(c4ncccn4)CC3)[nH]c(=O)c2c1C. The number of nitrogens with zero attached hydrogens (tertiary/aromatic N) is 5. The predicted molar refractivity (Wildman–Crippen MR) is 99.2 cm³/mol. The largest absolute Gasteiger partial charge is 0.338 e. The van der Waals surface area contributed by atoms with E-state index in [1.165, 1.54) is 0 Å². The molecule has 1 N–H and O–H groups in total. The molecule has 0 aliphatic carbocycles. The van der Waals surface area contributed by atoms with Gasteiger partial charge in [-0.25, -0.2) is 15.0 Å². The van der Waals surface area contributed by atoms with Crippen molar-refractivity contribution < 1.29 is 0 Å². The number of nitrogens with one attached hydrogen (secondary N) is 1. The number of anilines is 1. The van der Waals surface area contributed by atoms with Gasteiger partial charge in [-0.2, -0.15) is 0 Å². The molecule has 0 spiro atoms. The molecule has 0 aromatic carbocycles. The summed E-state index contributed by atoms with van der Waals surface area (Å²) in [7, 11) is 0. The van der Waals surface area contributed by atoms with Gasteiger partial charge in [0.2, 0.25) is 5.95 Å². The molecule has 0 bridgehead atoms. The summed E-state index contributed by atoms with van der Waals surface area (Å²) >= 11 is 1.59. The standard InChI is InChI=1S/C17H20N6OS/c1-11-12(2)25-16-14(11)15(24)20-13(21-16)10-22-6-8-23(9-7-22)17-18-4-3-5-19-17/h3-5H,6-10H2,1-2H3,(H,20,21,24). The van der Waals surface area contributed by atoms with E-state index in [4.69, 9.17) is 0 Å². The fourth-order valence-corrected chi connectivity index (χ4v) is 4.20. The monoisotopic (exact) mass is 356 g/mol. The Labute approximate surface area is 149 Å². The highest BCUT2D eigenvalue weighted by atomic mass is 32.1. The van der Waals surface area contributed by atoms with Crippen LogP contribution in [0.25, 0.3) is 10.2 Å². The van der Waals surface area contributed by atoms with Crippen LogP contribution in [0.3, 0.4) is 0 Å². The molecule has 0 amide bonds.